The molecule has 0 spiro atoms. The highest BCUT2D eigenvalue weighted by Crippen LogP contribution is 2.22. The van der Waals surface area contributed by atoms with Crippen LogP contribution in [-0.4, -0.2) is 25.8 Å². The summed E-state index contributed by atoms with van der Waals surface area (Å²) in [7, 11) is -3.25. The second-order valence-corrected chi connectivity index (χ2v) is 6.37. The molecule has 1 fully saturated rings. The van der Waals surface area contributed by atoms with E-state index in [0.717, 1.165) is 24.0 Å². The van der Waals surface area contributed by atoms with Crippen molar-refractivity contribution in [3.8, 4) is 0 Å². The standard InChI is InChI=1S/C12H17NO2S/c1-10-7-11(2)9-12(8-10)16(14,15)13-5-3-4-6-13/h7-9H,3-6H2,1-2H3. The molecule has 3 nitrogen and oxygen atoms in total. The van der Waals surface area contributed by atoms with Crippen LogP contribution in [-0.2, 0) is 10.0 Å². The number of rotatable bonds is 2. The first kappa shape index (κ1) is 11.6. The summed E-state index contributed by atoms with van der Waals surface area (Å²) in [4.78, 5) is 0.437. The average molecular weight is 239 g/mol. The first-order chi connectivity index (χ1) is 7.50. The molecule has 16 heavy (non-hydrogen) atoms. The number of hydrogen-bond acceptors (Lipinski definition) is 2. The van der Waals surface area contributed by atoms with E-state index in [9.17, 15) is 8.42 Å². The second kappa shape index (κ2) is 4.18. The highest BCUT2D eigenvalue weighted by atomic mass is 32.2. The molecular formula is C12H17NO2S. The second-order valence-electron chi connectivity index (χ2n) is 4.43. The fraction of sp³-hybridized carbons (Fsp3) is 0.500. The lowest BCUT2D eigenvalue weighted by molar-refractivity contribution is 0.477. The molecule has 1 aliphatic heterocycles. The summed E-state index contributed by atoms with van der Waals surface area (Å²) in [5, 5.41) is 0. The van der Waals surface area contributed by atoms with Gasteiger partial charge in [0.25, 0.3) is 0 Å². The predicted octanol–water partition coefficient (Wildman–Crippen LogP) is 2.09. The van der Waals surface area contributed by atoms with Crippen LogP contribution in [0, 0.1) is 13.8 Å². The van der Waals surface area contributed by atoms with Crippen molar-refractivity contribution in [1.29, 1.82) is 0 Å². The Balaban J connectivity index is 2.42. The first-order valence-electron chi connectivity index (χ1n) is 5.58. The average Bonchev–Trinajstić information content (AvgIpc) is 2.69. The van der Waals surface area contributed by atoms with Crippen LogP contribution in [0.2, 0.25) is 0 Å². The van der Waals surface area contributed by atoms with Crippen molar-refractivity contribution in [2.24, 2.45) is 0 Å². The Labute approximate surface area is 97.1 Å². The van der Waals surface area contributed by atoms with Crippen molar-refractivity contribution in [3.63, 3.8) is 0 Å². The Morgan fingerprint density at radius 3 is 2.00 bits per heavy atom. The molecule has 0 atom stereocenters. The molecule has 88 valence electrons. The third-order valence-corrected chi connectivity index (χ3v) is 4.77. The van der Waals surface area contributed by atoms with E-state index in [2.05, 4.69) is 0 Å². The van der Waals surface area contributed by atoms with Crippen molar-refractivity contribution in [3.05, 3.63) is 29.3 Å². The van der Waals surface area contributed by atoms with Gasteiger partial charge in [0.2, 0.25) is 10.0 Å². The lowest BCUT2D eigenvalue weighted by Crippen LogP contribution is -2.27. The third-order valence-electron chi connectivity index (χ3n) is 2.90. The molecule has 1 aromatic carbocycles. The van der Waals surface area contributed by atoms with Crippen LogP contribution in [0.25, 0.3) is 0 Å². The molecule has 4 heteroatoms. The van der Waals surface area contributed by atoms with E-state index >= 15 is 0 Å². The van der Waals surface area contributed by atoms with E-state index in [1.165, 1.54) is 0 Å². The van der Waals surface area contributed by atoms with Gasteiger partial charge in [-0.2, -0.15) is 4.31 Å². The van der Waals surface area contributed by atoms with Gasteiger partial charge >= 0.3 is 0 Å². The molecule has 1 aliphatic rings. The van der Waals surface area contributed by atoms with Crippen molar-refractivity contribution in [2.75, 3.05) is 13.1 Å². The lowest BCUT2D eigenvalue weighted by Gasteiger charge is -2.16. The Bertz CT molecular complexity index is 467. The fourth-order valence-electron chi connectivity index (χ4n) is 2.16. The number of hydrogen-bond donors (Lipinski definition) is 0. The summed E-state index contributed by atoms with van der Waals surface area (Å²) in [5.74, 6) is 0. The first-order valence-corrected chi connectivity index (χ1v) is 7.02. The summed E-state index contributed by atoms with van der Waals surface area (Å²) in [6.07, 6.45) is 1.95. The van der Waals surface area contributed by atoms with Crippen LogP contribution in [0.4, 0.5) is 0 Å². The van der Waals surface area contributed by atoms with Crippen molar-refractivity contribution in [1.82, 2.24) is 4.31 Å². The van der Waals surface area contributed by atoms with Crippen LogP contribution in [0.1, 0.15) is 24.0 Å². The minimum Gasteiger partial charge on any atom is -0.207 e. The molecule has 0 unspecified atom stereocenters. The molecule has 1 aromatic rings. The van der Waals surface area contributed by atoms with Crippen LogP contribution < -0.4 is 0 Å². The van der Waals surface area contributed by atoms with Crippen molar-refractivity contribution >= 4 is 10.0 Å². The molecule has 0 N–H and O–H groups in total. The smallest absolute Gasteiger partial charge is 0.207 e. The molecule has 0 amide bonds. The van der Waals surface area contributed by atoms with Gasteiger partial charge in [0.05, 0.1) is 4.90 Å². The van der Waals surface area contributed by atoms with E-state index in [4.69, 9.17) is 0 Å². The molecular weight excluding hydrogens is 222 g/mol. The Morgan fingerprint density at radius 1 is 1.00 bits per heavy atom. The third kappa shape index (κ3) is 2.13. The minimum absolute atomic E-state index is 0.437. The Hall–Kier alpha value is -0.870. The Morgan fingerprint density at radius 2 is 1.50 bits per heavy atom. The summed E-state index contributed by atoms with van der Waals surface area (Å²) in [6.45, 7) is 5.18. The van der Waals surface area contributed by atoms with Crippen LogP contribution in [0.15, 0.2) is 23.1 Å². The number of benzene rings is 1. The van der Waals surface area contributed by atoms with Gasteiger partial charge in [-0.05, 0) is 49.9 Å². The van der Waals surface area contributed by atoms with E-state index < -0.39 is 10.0 Å². The number of sulfonamides is 1. The highest BCUT2D eigenvalue weighted by molar-refractivity contribution is 7.89. The lowest BCUT2D eigenvalue weighted by atomic mass is 10.2. The summed E-state index contributed by atoms with van der Waals surface area (Å²) in [5.41, 5.74) is 2.00. The zero-order valence-electron chi connectivity index (χ0n) is 9.73. The molecule has 2 rings (SSSR count). The van der Waals surface area contributed by atoms with Gasteiger partial charge in [-0.1, -0.05) is 6.07 Å². The van der Waals surface area contributed by atoms with Gasteiger partial charge < -0.3 is 0 Å². The largest absolute Gasteiger partial charge is 0.243 e. The molecule has 1 heterocycles. The molecule has 0 aromatic heterocycles. The van der Waals surface area contributed by atoms with Crippen LogP contribution >= 0.6 is 0 Å². The number of nitrogens with zero attached hydrogens (tertiary/aromatic N) is 1. The molecule has 0 aliphatic carbocycles. The molecule has 0 saturated carbocycles. The van der Waals surface area contributed by atoms with E-state index in [0.29, 0.717) is 18.0 Å². The van der Waals surface area contributed by atoms with Crippen LogP contribution in [0.3, 0.4) is 0 Å². The number of aryl methyl sites for hydroxylation is 2. The summed E-state index contributed by atoms with van der Waals surface area (Å²) in [6, 6.07) is 5.49. The van der Waals surface area contributed by atoms with E-state index in [1.807, 2.05) is 19.9 Å². The zero-order valence-corrected chi connectivity index (χ0v) is 10.5. The fourth-order valence-corrected chi connectivity index (χ4v) is 3.87. The van der Waals surface area contributed by atoms with Gasteiger partial charge in [-0.3, -0.25) is 0 Å². The van der Waals surface area contributed by atoms with Gasteiger partial charge in [-0.25, -0.2) is 8.42 Å². The van der Waals surface area contributed by atoms with Gasteiger partial charge in [0, 0.05) is 13.1 Å². The summed E-state index contributed by atoms with van der Waals surface area (Å²) >= 11 is 0. The minimum atomic E-state index is -3.25. The SMILES string of the molecule is Cc1cc(C)cc(S(=O)(=O)N2CCCC2)c1. The zero-order chi connectivity index (χ0) is 11.8. The predicted molar refractivity (Wildman–Crippen MR) is 63.9 cm³/mol. The monoisotopic (exact) mass is 239 g/mol. The van der Waals surface area contributed by atoms with Crippen molar-refractivity contribution in [2.45, 2.75) is 31.6 Å². The maximum atomic E-state index is 12.3. The topological polar surface area (TPSA) is 37.4 Å². The summed E-state index contributed by atoms with van der Waals surface area (Å²) < 4.78 is 26.1. The normalized spacial score (nSPS) is 17.9. The molecule has 1 saturated heterocycles. The Kier molecular flexibility index (Phi) is 3.04. The molecule has 0 bridgehead atoms. The maximum Gasteiger partial charge on any atom is 0.243 e. The van der Waals surface area contributed by atoms with Crippen molar-refractivity contribution < 1.29 is 8.42 Å². The van der Waals surface area contributed by atoms with E-state index in [1.54, 1.807) is 16.4 Å². The van der Waals surface area contributed by atoms with Gasteiger partial charge in [-0.15, -0.1) is 0 Å². The quantitative estimate of drug-likeness (QED) is 0.792. The van der Waals surface area contributed by atoms with Gasteiger partial charge in [0.15, 0.2) is 0 Å². The maximum absolute atomic E-state index is 12.3. The van der Waals surface area contributed by atoms with Gasteiger partial charge in [0.1, 0.15) is 0 Å². The van der Waals surface area contributed by atoms with E-state index in [-0.39, 0.29) is 0 Å². The molecule has 0 radical (unpaired) electrons. The highest BCUT2D eigenvalue weighted by Gasteiger charge is 2.27. The van der Waals surface area contributed by atoms with Crippen LogP contribution in [0.5, 0.6) is 0 Å².